The maximum Gasteiger partial charge on any atom is 0.338 e. The predicted molar refractivity (Wildman–Crippen MR) is 134 cm³/mol. The molecule has 2 fully saturated rings. The first-order valence-electron chi connectivity index (χ1n) is 12.9. The molecule has 0 amide bonds. The number of fused-ring (bicyclic) bond motifs is 1. The van der Waals surface area contributed by atoms with Gasteiger partial charge in [0.2, 0.25) is 0 Å². The fourth-order valence-electron chi connectivity index (χ4n) is 6.30. The number of cyclic esters (lactones) is 1. The highest BCUT2D eigenvalue weighted by Gasteiger charge is 2.59. The highest BCUT2D eigenvalue weighted by Crippen LogP contribution is 2.62. The van der Waals surface area contributed by atoms with Gasteiger partial charge in [-0.15, -0.1) is 0 Å². The molecule has 2 N–H and O–H groups in total. The number of hydrogen-bond acceptors (Lipinski definition) is 8. The average Bonchev–Trinajstić information content (AvgIpc) is 3.26. The molecule has 1 heterocycles. The summed E-state index contributed by atoms with van der Waals surface area (Å²) in [6, 6.07) is 0. The van der Waals surface area contributed by atoms with Crippen LogP contribution in [0.25, 0.3) is 0 Å². The molecule has 0 saturated heterocycles. The molecule has 10 heteroatoms. The van der Waals surface area contributed by atoms with Gasteiger partial charge in [0.05, 0.1) is 31.3 Å². The zero-order valence-electron chi connectivity index (χ0n) is 21.9. The SMILES string of the molecule is C=C1CC[C@H]2[C@](C)(COC(=O)CCC(=O)O)[C@H](OC(=O)CCC(=O)O)CC[C@]2(C)[C@H]1/C=C/C1=CCOC1=O. The number of ether oxygens (including phenoxy) is 3. The van der Waals surface area contributed by atoms with Gasteiger partial charge >= 0.3 is 29.8 Å². The molecule has 0 spiro atoms. The maximum atomic E-state index is 12.5. The van der Waals surface area contributed by atoms with Crippen LogP contribution in [0.5, 0.6) is 0 Å². The molecular formula is C28H36O10. The van der Waals surface area contributed by atoms with E-state index in [1.807, 2.05) is 13.0 Å². The summed E-state index contributed by atoms with van der Waals surface area (Å²) in [6.07, 6.45) is 6.10. The van der Waals surface area contributed by atoms with Crippen molar-refractivity contribution in [2.75, 3.05) is 13.2 Å². The van der Waals surface area contributed by atoms with E-state index in [-0.39, 0.29) is 62.1 Å². The molecule has 0 aromatic rings. The Hall–Kier alpha value is -3.43. The minimum atomic E-state index is -1.11. The number of carboxylic acids is 2. The summed E-state index contributed by atoms with van der Waals surface area (Å²) in [5.41, 5.74) is 0.328. The molecule has 38 heavy (non-hydrogen) atoms. The van der Waals surface area contributed by atoms with Crippen molar-refractivity contribution in [2.24, 2.45) is 22.7 Å². The lowest BCUT2D eigenvalue weighted by Crippen LogP contribution is -2.58. The zero-order chi connectivity index (χ0) is 28.1. The van der Waals surface area contributed by atoms with E-state index in [1.165, 1.54) is 0 Å². The van der Waals surface area contributed by atoms with Crippen LogP contribution < -0.4 is 0 Å². The third-order valence-corrected chi connectivity index (χ3v) is 8.30. The summed E-state index contributed by atoms with van der Waals surface area (Å²) in [5.74, 6) is -4.05. The standard InChI is InChI=1S/C28H36O10/c1-17-4-7-20-27(2,19(17)6-5-18-13-15-36-26(18)35)14-12-21(38-25(34)11-9-23(31)32)28(20,3)16-37-24(33)10-8-22(29)30/h5-6,13,19-21H,1,4,7-12,14-16H2,2-3H3,(H,29,30)(H,31,32)/b6-5+/t19-,20+,21+,27+,28-/m0/s1. The van der Waals surface area contributed by atoms with Gasteiger partial charge < -0.3 is 24.4 Å². The highest BCUT2D eigenvalue weighted by molar-refractivity contribution is 5.93. The number of esters is 3. The Morgan fingerprint density at radius 3 is 2.34 bits per heavy atom. The molecule has 0 radical (unpaired) electrons. The van der Waals surface area contributed by atoms with Gasteiger partial charge in [0, 0.05) is 11.3 Å². The third kappa shape index (κ3) is 6.52. The van der Waals surface area contributed by atoms with Gasteiger partial charge in [-0.1, -0.05) is 38.2 Å². The molecule has 208 valence electrons. The van der Waals surface area contributed by atoms with E-state index in [1.54, 1.807) is 12.2 Å². The van der Waals surface area contributed by atoms with Crippen molar-refractivity contribution in [3.63, 3.8) is 0 Å². The second-order valence-corrected chi connectivity index (χ2v) is 10.8. The van der Waals surface area contributed by atoms with Crippen molar-refractivity contribution in [1.82, 2.24) is 0 Å². The Balaban J connectivity index is 1.88. The number of carboxylic acid groups (broad SMARTS) is 2. The Morgan fingerprint density at radius 1 is 1.08 bits per heavy atom. The zero-order valence-corrected chi connectivity index (χ0v) is 21.9. The van der Waals surface area contributed by atoms with Crippen LogP contribution in [0.1, 0.15) is 65.2 Å². The monoisotopic (exact) mass is 532 g/mol. The highest BCUT2D eigenvalue weighted by atomic mass is 16.6. The van der Waals surface area contributed by atoms with Crippen LogP contribution in [-0.4, -0.2) is 59.4 Å². The molecule has 1 aliphatic heterocycles. The van der Waals surface area contributed by atoms with Crippen LogP contribution in [0.4, 0.5) is 0 Å². The molecule has 0 aromatic heterocycles. The lowest BCUT2D eigenvalue weighted by atomic mass is 9.46. The molecule has 3 aliphatic rings. The number of rotatable bonds is 11. The van der Waals surface area contributed by atoms with Crippen LogP contribution in [0, 0.1) is 22.7 Å². The van der Waals surface area contributed by atoms with Crippen molar-refractivity contribution < 1.29 is 48.4 Å². The average molecular weight is 533 g/mol. The maximum absolute atomic E-state index is 12.5. The van der Waals surface area contributed by atoms with E-state index in [4.69, 9.17) is 24.4 Å². The number of carbonyl (C=O) groups is 5. The summed E-state index contributed by atoms with van der Waals surface area (Å²) < 4.78 is 16.4. The van der Waals surface area contributed by atoms with Crippen LogP contribution >= 0.6 is 0 Å². The van der Waals surface area contributed by atoms with E-state index in [0.29, 0.717) is 31.3 Å². The quantitative estimate of drug-likeness (QED) is 0.229. The largest absolute Gasteiger partial charge is 0.481 e. The number of hydrogen-bond donors (Lipinski definition) is 2. The normalized spacial score (nSPS) is 30.8. The van der Waals surface area contributed by atoms with E-state index < -0.39 is 35.4 Å². The summed E-state index contributed by atoms with van der Waals surface area (Å²) in [4.78, 5) is 58.6. The molecule has 10 nitrogen and oxygen atoms in total. The van der Waals surface area contributed by atoms with Crippen LogP contribution in [0.15, 0.2) is 36.0 Å². The number of carbonyl (C=O) groups excluding carboxylic acids is 3. The molecular weight excluding hydrogens is 496 g/mol. The molecule has 0 unspecified atom stereocenters. The Labute approximate surface area is 221 Å². The van der Waals surface area contributed by atoms with E-state index in [2.05, 4.69) is 13.5 Å². The smallest absolute Gasteiger partial charge is 0.338 e. The van der Waals surface area contributed by atoms with Crippen molar-refractivity contribution in [2.45, 2.75) is 71.3 Å². The van der Waals surface area contributed by atoms with Crippen LogP contribution in [0.3, 0.4) is 0 Å². The van der Waals surface area contributed by atoms with Gasteiger partial charge in [0.15, 0.2) is 0 Å². The van der Waals surface area contributed by atoms with E-state index >= 15 is 0 Å². The molecule has 0 aromatic carbocycles. The Kier molecular flexibility index (Phi) is 9.17. The van der Waals surface area contributed by atoms with Gasteiger partial charge in [-0.3, -0.25) is 19.2 Å². The van der Waals surface area contributed by atoms with Gasteiger partial charge in [-0.05, 0) is 43.1 Å². The number of allylic oxidation sites excluding steroid dienone is 2. The minimum Gasteiger partial charge on any atom is -0.481 e. The fraction of sp³-hybridized carbons (Fsp3) is 0.607. The van der Waals surface area contributed by atoms with Crippen molar-refractivity contribution in [1.29, 1.82) is 0 Å². The van der Waals surface area contributed by atoms with E-state index in [9.17, 15) is 24.0 Å². The van der Waals surface area contributed by atoms with Crippen molar-refractivity contribution in [3.8, 4) is 0 Å². The van der Waals surface area contributed by atoms with Crippen LogP contribution in [0.2, 0.25) is 0 Å². The molecule has 2 aliphatic carbocycles. The summed E-state index contributed by atoms with van der Waals surface area (Å²) in [6.45, 7) is 8.49. The Morgan fingerprint density at radius 2 is 1.74 bits per heavy atom. The molecule has 5 atom stereocenters. The lowest BCUT2D eigenvalue weighted by molar-refractivity contribution is -0.192. The summed E-state index contributed by atoms with van der Waals surface area (Å²) in [7, 11) is 0. The molecule has 0 bridgehead atoms. The van der Waals surface area contributed by atoms with Crippen LogP contribution in [-0.2, 0) is 38.2 Å². The lowest BCUT2D eigenvalue weighted by Gasteiger charge is -2.59. The second-order valence-electron chi connectivity index (χ2n) is 10.8. The molecule has 3 rings (SSSR count). The predicted octanol–water partition coefficient (Wildman–Crippen LogP) is 3.60. The van der Waals surface area contributed by atoms with Gasteiger partial charge in [0.25, 0.3) is 0 Å². The van der Waals surface area contributed by atoms with Gasteiger partial charge in [0.1, 0.15) is 19.3 Å². The van der Waals surface area contributed by atoms with Gasteiger partial charge in [-0.25, -0.2) is 4.79 Å². The first kappa shape index (κ1) is 29.1. The van der Waals surface area contributed by atoms with Crippen molar-refractivity contribution >= 4 is 29.8 Å². The summed E-state index contributed by atoms with van der Waals surface area (Å²) >= 11 is 0. The minimum absolute atomic E-state index is 0.0804. The first-order chi connectivity index (χ1) is 17.9. The third-order valence-electron chi connectivity index (χ3n) is 8.30. The summed E-state index contributed by atoms with van der Waals surface area (Å²) in [5, 5.41) is 17.8. The second kappa shape index (κ2) is 12.0. The first-order valence-corrected chi connectivity index (χ1v) is 12.9. The Bertz CT molecular complexity index is 1060. The van der Waals surface area contributed by atoms with Crippen molar-refractivity contribution in [3.05, 3.63) is 36.0 Å². The van der Waals surface area contributed by atoms with E-state index in [0.717, 1.165) is 5.57 Å². The fourth-order valence-corrected chi connectivity index (χ4v) is 6.30. The van der Waals surface area contributed by atoms with Gasteiger partial charge in [-0.2, -0.15) is 0 Å². The topological polar surface area (TPSA) is 154 Å². The number of aliphatic carboxylic acids is 2. The molecule has 2 saturated carbocycles.